The van der Waals surface area contributed by atoms with Gasteiger partial charge in [0.05, 0.1) is 21.8 Å². The summed E-state index contributed by atoms with van der Waals surface area (Å²) in [7, 11) is 0. The van der Waals surface area contributed by atoms with Crippen molar-refractivity contribution in [3.63, 3.8) is 0 Å². The summed E-state index contributed by atoms with van der Waals surface area (Å²) in [5.41, 5.74) is 14.4. The molecule has 6 nitrogen and oxygen atoms in total. The van der Waals surface area contributed by atoms with E-state index >= 15 is 0 Å². The third kappa shape index (κ3) is 4.52. The molecule has 0 saturated heterocycles. The first-order valence-corrected chi connectivity index (χ1v) is 11.1. The van der Waals surface area contributed by atoms with E-state index in [-0.39, 0.29) is 22.4 Å². The SMILES string of the molecule is Nc1nc(-c2ccccc2)nc2cccc(F)c12.Nc1nc(-c2ccccc2)nc2cccc(F)c12. The zero-order chi connectivity index (χ0) is 25.1. The van der Waals surface area contributed by atoms with Crippen LogP contribution in [0.3, 0.4) is 0 Å². The number of halogens is 2. The van der Waals surface area contributed by atoms with E-state index in [4.69, 9.17) is 11.5 Å². The van der Waals surface area contributed by atoms with E-state index in [1.54, 1.807) is 24.3 Å². The Labute approximate surface area is 205 Å². The van der Waals surface area contributed by atoms with Crippen LogP contribution < -0.4 is 11.5 Å². The average Bonchev–Trinajstić information content (AvgIpc) is 2.90. The molecule has 0 aliphatic rings. The van der Waals surface area contributed by atoms with Gasteiger partial charge in [0, 0.05) is 11.1 Å². The van der Waals surface area contributed by atoms with Crippen LogP contribution in [0.5, 0.6) is 0 Å². The van der Waals surface area contributed by atoms with Crippen LogP contribution in [0, 0.1) is 11.6 Å². The maximum Gasteiger partial charge on any atom is 0.162 e. The monoisotopic (exact) mass is 478 g/mol. The van der Waals surface area contributed by atoms with Gasteiger partial charge >= 0.3 is 0 Å². The molecule has 0 radical (unpaired) electrons. The number of rotatable bonds is 2. The maximum atomic E-state index is 13.6. The van der Waals surface area contributed by atoms with Gasteiger partial charge in [-0.1, -0.05) is 72.8 Å². The molecule has 0 saturated carbocycles. The normalized spacial score (nSPS) is 10.7. The molecule has 6 aromatic rings. The van der Waals surface area contributed by atoms with Crippen LogP contribution in [-0.2, 0) is 0 Å². The molecule has 0 bridgehead atoms. The van der Waals surface area contributed by atoms with Gasteiger partial charge in [-0.2, -0.15) is 0 Å². The average molecular weight is 479 g/mol. The predicted molar refractivity (Wildman–Crippen MR) is 139 cm³/mol. The lowest BCUT2D eigenvalue weighted by atomic mass is 10.2. The van der Waals surface area contributed by atoms with Crippen molar-refractivity contribution in [2.24, 2.45) is 0 Å². The lowest BCUT2D eigenvalue weighted by molar-refractivity contribution is 0.639. The van der Waals surface area contributed by atoms with E-state index in [1.807, 2.05) is 60.7 Å². The number of hydrogen-bond donors (Lipinski definition) is 2. The highest BCUT2D eigenvalue weighted by molar-refractivity contribution is 5.90. The number of nitrogen functional groups attached to an aromatic ring is 2. The molecule has 176 valence electrons. The standard InChI is InChI=1S/2C14H10FN3/c2*15-10-7-4-8-11-12(10)13(16)18-14(17-11)9-5-2-1-3-6-9/h2*1-8H,(H2,16,17,18). The third-order valence-electron chi connectivity index (χ3n) is 5.46. The Morgan fingerprint density at radius 3 is 1.22 bits per heavy atom. The van der Waals surface area contributed by atoms with Crippen LogP contribution in [0.1, 0.15) is 0 Å². The Hall–Kier alpha value is -4.98. The van der Waals surface area contributed by atoms with Gasteiger partial charge in [-0.05, 0) is 24.3 Å². The molecule has 2 heterocycles. The van der Waals surface area contributed by atoms with Crippen molar-refractivity contribution in [3.05, 3.63) is 109 Å². The largest absolute Gasteiger partial charge is 0.383 e. The summed E-state index contributed by atoms with van der Waals surface area (Å²) in [5.74, 6) is 0.542. The van der Waals surface area contributed by atoms with Crippen LogP contribution in [0.15, 0.2) is 97.1 Å². The van der Waals surface area contributed by atoms with Crippen molar-refractivity contribution in [3.8, 4) is 22.8 Å². The molecule has 2 aromatic heterocycles. The van der Waals surface area contributed by atoms with Crippen molar-refractivity contribution < 1.29 is 8.78 Å². The van der Waals surface area contributed by atoms with E-state index in [0.717, 1.165) is 11.1 Å². The number of fused-ring (bicyclic) bond motifs is 2. The second-order valence-corrected chi connectivity index (χ2v) is 7.86. The summed E-state index contributed by atoms with van der Waals surface area (Å²) in [5, 5.41) is 0.550. The minimum absolute atomic E-state index is 0.164. The van der Waals surface area contributed by atoms with Gasteiger partial charge < -0.3 is 11.5 Å². The maximum absolute atomic E-state index is 13.6. The number of aromatic nitrogens is 4. The summed E-state index contributed by atoms with van der Waals surface area (Å²) >= 11 is 0. The third-order valence-corrected chi connectivity index (χ3v) is 5.46. The molecular weight excluding hydrogens is 458 g/mol. The smallest absolute Gasteiger partial charge is 0.162 e. The topological polar surface area (TPSA) is 104 Å². The molecular formula is C28H20F2N6. The lowest BCUT2D eigenvalue weighted by Gasteiger charge is -2.05. The Morgan fingerprint density at radius 1 is 0.444 bits per heavy atom. The van der Waals surface area contributed by atoms with Gasteiger partial charge in [-0.3, -0.25) is 0 Å². The number of benzene rings is 4. The Bertz CT molecular complexity index is 1550. The number of nitrogens with two attached hydrogens (primary N) is 2. The molecule has 0 fully saturated rings. The molecule has 6 rings (SSSR count). The zero-order valence-corrected chi connectivity index (χ0v) is 18.9. The first kappa shape index (κ1) is 22.8. The summed E-state index contributed by atoms with van der Waals surface area (Å²) in [4.78, 5) is 17.0. The minimum atomic E-state index is -0.399. The summed E-state index contributed by atoms with van der Waals surface area (Å²) in [6.45, 7) is 0. The highest BCUT2D eigenvalue weighted by Crippen LogP contribution is 2.26. The molecule has 0 aliphatic heterocycles. The van der Waals surface area contributed by atoms with Crippen LogP contribution in [0.25, 0.3) is 44.6 Å². The highest BCUT2D eigenvalue weighted by atomic mass is 19.1. The lowest BCUT2D eigenvalue weighted by Crippen LogP contribution is -1.99. The quantitative estimate of drug-likeness (QED) is 0.315. The van der Waals surface area contributed by atoms with Gasteiger partial charge in [0.25, 0.3) is 0 Å². The fourth-order valence-electron chi connectivity index (χ4n) is 3.77. The van der Waals surface area contributed by atoms with Crippen LogP contribution in [-0.4, -0.2) is 19.9 Å². The van der Waals surface area contributed by atoms with E-state index in [2.05, 4.69) is 19.9 Å². The molecule has 4 aromatic carbocycles. The van der Waals surface area contributed by atoms with Gasteiger partial charge in [-0.15, -0.1) is 0 Å². The van der Waals surface area contributed by atoms with Crippen LogP contribution in [0.2, 0.25) is 0 Å². The summed E-state index contributed by atoms with van der Waals surface area (Å²) < 4.78 is 27.2. The molecule has 0 unspecified atom stereocenters. The van der Waals surface area contributed by atoms with Gasteiger partial charge in [0.15, 0.2) is 11.6 Å². The fraction of sp³-hybridized carbons (Fsp3) is 0. The van der Waals surface area contributed by atoms with Crippen molar-refractivity contribution in [2.75, 3.05) is 11.5 Å². The molecule has 0 spiro atoms. The number of anilines is 2. The molecule has 8 heteroatoms. The predicted octanol–water partition coefficient (Wildman–Crippen LogP) is 6.04. The van der Waals surface area contributed by atoms with E-state index in [0.29, 0.717) is 22.7 Å². The van der Waals surface area contributed by atoms with E-state index in [1.165, 1.54) is 12.1 Å². The number of nitrogens with zero attached hydrogens (tertiary/aromatic N) is 4. The van der Waals surface area contributed by atoms with Crippen LogP contribution in [0.4, 0.5) is 20.4 Å². The second-order valence-electron chi connectivity index (χ2n) is 7.86. The van der Waals surface area contributed by atoms with Gasteiger partial charge in [0.1, 0.15) is 23.3 Å². The minimum Gasteiger partial charge on any atom is -0.383 e. The molecule has 0 atom stereocenters. The van der Waals surface area contributed by atoms with Crippen molar-refractivity contribution in [1.82, 2.24) is 19.9 Å². The Balaban J connectivity index is 0.000000148. The van der Waals surface area contributed by atoms with Crippen LogP contribution >= 0.6 is 0 Å². The zero-order valence-electron chi connectivity index (χ0n) is 18.9. The first-order chi connectivity index (χ1) is 17.5. The van der Waals surface area contributed by atoms with Crippen molar-refractivity contribution in [2.45, 2.75) is 0 Å². The molecule has 36 heavy (non-hydrogen) atoms. The molecule has 0 aliphatic carbocycles. The van der Waals surface area contributed by atoms with Crippen molar-refractivity contribution in [1.29, 1.82) is 0 Å². The Kier molecular flexibility index (Phi) is 6.15. The van der Waals surface area contributed by atoms with Crippen molar-refractivity contribution >= 4 is 33.4 Å². The van der Waals surface area contributed by atoms with Gasteiger partial charge in [0.2, 0.25) is 0 Å². The highest BCUT2D eigenvalue weighted by Gasteiger charge is 2.11. The number of hydrogen-bond acceptors (Lipinski definition) is 6. The Morgan fingerprint density at radius 2 is 0.833 bits per heavy atom. The fourth-order valence-corrected chi connectivity index (χ4v) is 3.77. The van der Waals surface area contributed by atoms with E-state index < -0.39 is 11.6 Å². The van der Waals surface area contributed by atoms with E-state index in [9.17, 15) is 8.78 Å². The summed E-state index contributed by atoms with van der Waals surface area (Å²) in [6.07, 6.45) is 0. The molecule has 0 amide bonds. The second kappa shape index (κ2) is 9.71. The summed E-state index contributed by atoms with van der Waals surface area (Å²) in [6, 6.07) is 28.3. The molecule has 4 N–H and O–H groups in total. The first-order valence-electron chi connectivity index (χ1n) is 11.1. The van der Waals surface area contributed by atoms with Gasteiger partial charge in [-0.25, -0.2) is 28.7 Å².